The first kappa shape index (κ1) is 16.7. The van der Waals surface area contributed by atoms with Gasteiger partial charge in [0.1, 0.15) is 0 Å². The topological polar surface area (TPSA) is 89.4 Å². The van der Waals surface area contributed by atoms with Gasteiger partial charge in [0.05, 0.1) is 0 Å². The summed E-state index contributed by atoms with van der Waals surface area (Å²) in [4.78, 5) is 33.1. The largest absolute Gasteiger partial charge is 2.00 e. The van der Waals surface area contributed by atoms with Crippen molar-refractivity contribution in [1.82, 2.24) is 0 Å². The van der Waals surface area contributed by atoms with E-state index in [1.807, 2.05) is 0 Å². The minimum absolute atomic E-state index is 0. The fraction of sp³-hybridized carbons (Fsp3) is 0. The van der Waals surface area contributed by atoms with E-state index >= 15 is 0 Å². The van der Waals surface area contributed by atoms with Gasteiger partial charge in [-0.25, -0.2) is 0 Å². The monoisotopic (exact) mass is 270 g/mol. The van der Waals surface area contributed by atoms with Crippen LogP contribution in [0.3, 0.4) is 0 Å². The van der Waals surface area contributed by atoms with Gasteiger partial charge in [-0.1, -0.05) is 0 Å². The van der Waals surface area contributed by atoms with Crippen LogP contribution in [-0.4, -0.2) is 62.7 Å². The third-order valence-electron chi connectivity index (χ3n) is 0. The predicted molar refractivity (Wildman–Crippen MR) is 13.7 cm³/mol. The first-order chi connectivity index (χ1) is 2.00. The summed E-state index contributed by atoms with van der Waals surface area (Å²) in [6.07, 6.45) is 0. The van der Waals surface area contributed by atoms with Gasteiger partial charge in [0.2, 0.25) is 0 Å². The molecule has 0 aromatic carbocycles. The van der Waals surface area contributed by atoms with Crippen molar-refractivity contribution in [2.45, 2.75) is 0 Å². The second-order valence-corrected chi connectivity index (χ2v) is 1.57. The number of hydrogen-bond acceptors (Lipinski definition) is 4. The van der Waals surface area contributed by atoms with Gasteiger partial charge in [-0.3, -0.25) is 0 Å². The normalized spacial score (nSPS) is 8.57. The van der Waals surface area contributed by atoms with Crippen LogP contribution < -0.4 is 65.8 Å². The first-order valence-corrected chi connectivity index (χ1v) is 2.51. The Morgan fingerprint density at radius 1 is 1.14 bits per heavy atom. The molecule has 0 rings (SSSR count). The quantitative estimate of drug-likeness (QED) is 0.442. The Morgan fingerprint density at radius 2 is 1.14 bits per heavy atom. The maximum absolute atomic E-state index is 8.69. The molecule has 0 aliphatic heterocycles. The Bertz CT molecular complexity index is 27.2. The molecule has 0 radical (unpaired) electrons. The standard InChI is InChI=1S/Ba.K.HO4Si/c;;1-5(2,3)4/h;;1H/q+2;+1;-3. The summed E-state index contributed by atoms with van der Waals surface area (Å²) in [5.41, 5.74) is 0. The Hall–Kier alpha value is 3.26. The van der Waals surface area contributed by atoms with Crippen LogP contribution in [0.4, 0.5) is 0 Å². The molecule has 0 bridgehead atoms. The Kier molecular flexibility index (Phi) is 17.6. The first-order valence-electron chi connectivity index (χ1n) is 0.836. The number of hydrogen-bond donors (Lipinski definition) is 1. The zero-order valence-corrected chi connectivity index (χ0v) is 12.4. The predicted octanol–water partition coefficient (Wildman–Crippen LogP) is -7.88. The molecule has 0 saturated carbocycles. The zero-order chi connectivity index (χ0) is 4.50. The summed E-state index contributed by atoms with van der Waals surface area (Å²) in [6, 6.07) is 0. The molecular weight excluding hydrogens is 269 g/mol. The molecule has 0 aromatic heterocycles. The number of rotatable bonds is 0. The molecule has 0 atom stereocenters. The summed E-state index contributed by atoms with van der Waals surface area (Å²) in [6.45, 7) is 0. The van der Waals surface area contributed by atoms with E-state index in [1.165, 1.54) is 0 Å². The van der Waals surface area contributed by atoms with Crippen molar-refractivity contribution in [1.29, 1.82) is 0 Å². The third kappa shape index (κ3) is 45.9. The molecule has 0 saturated heterocycles. The molecular formula is HBaKO4Si. The molecule has 0 aromatic rings. The molecule has 0 amide bonds. The molecule has 0 unspecified atom stereocenters. The SMILES string of the molecule is [Ba+2].[K+].[O-][Si]([O-])([O-])O. The van der Waals surface area contributed by atoms with Crippen LogP contribution in [0, 0.1) is 0 Å². The molecule has 32 valence electrons. The fourth-order valence-corrected chi connectivity index (χ4v) is 0. The summed E-state index contributed by atoms with van der Waals surface area (Å²) in [5, 5.41) is 0. The van der Waals surface area contributed by atoms with Crippen LogP contribution >= 0.6 is 0 Å². The maximum Gasteiger partial charge on any atom is 2.00 e. The van der Waals surface area contributed by atoms with Gasteiger partial charge in [0, 0.05) is 0 Å². The molecule has 0 heterocycles. The van der Waals surface area contributed by atoms with Gasteiger partial charge in [0.25, 0.3) is 0 Å². The van der Waals surface area contributed by atoms with Crippen LogP contribution in [-0.2, 0) is 0 Å². The van der Waals surface area contributed by atoms with Crippen LogP contribution in [0.2, 0.25) is 0 Å². The fourth-order valence-electron chi connectivity index (χ4n) is 0. The summed E-state index contributed by atoms with van der Waals surface area (Å²) in [5.74, 6) is 0. The van der Waals surface area contributed by atoms with E-state index in [0.717, 1.165) is 0 Å². The van der Waals surface area contributed by atoms with Crippen LogP contribution in [0.25, 0.3) is 0 Å². The van der Waals surface area contributed by atoms with Gasteiger partial charge in [-0.15, -0.1) is 9.05 Å². The van der Waals surface area contributed by atoms with E-state index in [-0.39, 0.29) is 100 Å². The van der Waals surface area contributed by atoms with Crippen molar-refractivity contribution < 1.29 is 70.6 Å². The van der Waals surface area contributed by atoms with Gasteiger partial charge >= 0.3 is 100 Å². The average Bonchev–Trinajstić information content (AvgIpc) is 0.722. The minimum atomic E-state index is -5.36. The van der Waals surface area contributed by atoms with Gasteiger partial charge in [-0.2, -0.15) is 0 Å². The maximum atomic E-state index is 8.69. The second kappa shape index (κ2) is 7.37. The van der Waals surface area contributed by atoms with Crippen LogP contribution in [0.1, 0.15) is 0 Å². The van der Waals surface area contributed by atoms with Gasteiger partial charge in [-0.05, 0) is 0 Å². The van der Waals surface area contributed by atoms with Crippen molar-refractivity contribution in [3.63, 3.8) is 0 Å². The van der Waals surface area contributed by atoms with E-state index in [9.17, 15) is 0 Å². The molecule has 0 spiro atoms. The smallest absolute Gasteiger partial charge is 0.861 e. The van der Waals surface area contributed by atoms with E-state index in [2.05, 4.69) is 0 Å². The van der Waals surface area contributed by atoms with Gasteiger partial charge in [0.15, 0.2) is 0 Å². The third-order valence-corrected chi connectivity index (χ3v) is 0. The van der Waals surface area contributed by atoms with E-state index in [1.54, 1.807) is 0 Å². The molecule has 0 aliphatic carbocycles. The second-order valence-electron chi connectivity index (χ2n) is 0.524. The van der Waals surface area contributed by atoms with Crippen LogP contribution in [0.15, 0.2) is 0 Å². The van der Waals surface area contributed by atoms with Crippen LogP contribution in [0.5, 0.6) is 0 Å². The van der Waals surface area contributed by atoms with Crippen molar-refractivity contribution in [3.05, 3.63) is 0 Å². The van der Waals surface area contributed by atoms with Crippen molar-refractivity contribution in [2.75, 3.05) is 0 Å². The Balaban J connectivity index is -0.0000000800. The van der Waals surface area contributed by atoms with E-state index in [4.69, 9.17) is 19.2 Å². The summed E-state index contributed by atoms with van der Waals surface area (Å²) < 4.78 is 0. The molecule has 7 heteroatoms. The molecule has 4 nitrogen and oxygen atoms in total. The summed E-state index contributed by atoms with van der Waals surface area (Å²) >= 11 is 0. The van der Waals surface area contributed by atoms with E-state index in [0.29, 0.717) is 0 Å². The van der Waals surface area contributed by atoms with E-state index < -0.39 is 9.05 Å². The average molecular weight is 270 g/mol. The summed E-state index contributed by atoms with van der Waals surface area (Å²) in [7, 11) is -5.36. The van der Waals surface area contributed by atoms with Gasteiger partial charge < -0.3 is 19.2 Å². The minimum Gasteiger partial charge on any atom is -0.861 e. The molecule has 0 fully saturated rings. The Morgan fingerprint density at radius 3 is 1.14 bits per heavy atom. The van der Waals surface area contributed by atoms with Crippen molar-refractivity contribution in [3.8, 4) is 0 Å². The van der Waals surface area contributed by atoms with Crippen molar-refractivity contribution >= 4 is 57.9 Å². The zero-order valence-electron chi connectivity index (χ0n) is 3.88. The molecule has 7 heavy (non-hydrogen) atoms. The molecule has 1 N–H and O–H groups in total. The van der Waals surface area contributed by atoms with Crippen molar-refractivity contribution in [2.24, 2.45) is 0 Å². The Labute approximate surface area is 125 Å². The molecule has 0 aliphatic rings.